The number of hydrogen-bond acceptors (Lipinski definition) is 2. The molecule has 2 nitrogen and oxygen atoms in total. The largest absolute Gasteiger partial charge is 0.310 e. The highest BCUT2D eigenvalue weighted by molar-refractivity contribution is 6.30. The zero-order valence-corrected chi connectivity index (χ0v) is 12.4. The normalized spacial score (nSPS) is 25.3. The average molecular weight is 285 g/mol. The minimum absolute atomic E-state index is 0.117. The fourth-order valence-electron chi connectivity index (χ4n) is 2.60. The Balaban J connectivity index is 2.11. The van der Waals surface area contributed by atoms with Crippen LogP contribution in [0.3, 0.4) is 0 Å². The number of nitrogens with zero attached hydrogens (tertiary/aromatic N) is 1. The van der Waals surface area contributed by atoms with Crippen LogP contribution in [0, 0.1) is 5.82 Å². The summed E-state index contributed by atoms with van der Waals surface area (Å²) in [6.07, 6.45) is 2.17. The first kappa shape index (κ1) is 14.8. The zero-order chi connectivity index (χ0) is 13.9. The molecule has 19 heavy (non-hydrogen) atoms. The van der Waals surface area contributed by atoms with Crippen molar-refractivity contribution in [1.29, 1.82) is 0 Å². The third-order valence-corrected chi connectivity index (χ3v) is 4.27. The molecule has 1 aromatic carbocycles. The van der Waals surface area contributed by atoms with Gasteiger partial charge in [0.2, 0.25) is 0 Å². The topological polar surface area (TPSA) is 15.3 Å². The van der Waals surface area contributed by atoms with Crippen molar-refractivity contribution in [1.82, 2.24) is 10.2 Å². The second kappa shape index (κ2) is 6.21. The van der Waals surface area contributed by atoms with Crippen molar-refractivity contribution in [3.8, 4) is 0 Å². The van der Waals surface area contributed by atoms with Crippen LogP contribution in [0.5, 0.6) is 0 Å². The molecule has 4 heteroatoms. The minimum atomic E-state index is -0.278. The standard InChI is InChI=1S/C15H22ClFN2/c1-3-15(2)11-19(9-5-8-18-15)10-12-6-4-7-13(16)14(12)17/h4,6-7,18H,3,5,8-11H2,1-2H3. The molecule has 0 spiro atoms. The average Bonchev–Trinajstić information content (AvgIpc) is 2.58. The Morgan fingerprint density at radius 1 is 1.47 bits per heavy atom. The van der Waals surface area contributed by atoms with E-state index in [2.05, 4.69) is 24.1 Å². The monoisotopic (exact) mass is 284 g/mol. The van der Waals surface area contributed by atoms with Crippen LogP contribution in [0.1, 0.15) is 32.3 Å². The molecule has 1 aromatic rings. The van der Waals surface area contributed by atoms with E-state index in [9.17, 15) is 4.39 Å². The molecule has 2 rings (SSSR count). The van der Waals surface area contributed by atoms with E-state index < -0.39 is 0 Å². The van der Waals surface area contributed by atoms with Crippen molar-refractivity contribution in [2.45, 2.75) is 38.8 Å². The molecule has 1 fully saturated rings. The lowest BCUT2D eigenvalue weighted by Gasteiger charge is -2.32. The van der Waals surface area contributed by atoms with Crippen molar-refractivity contribution < 1.29 is 4.39 Å². The zero-order valence-electron chi connectivity index (χ0n) is 11.7. The third kappa shape index (κ3) is 3.68. The SMILES string of the molecule is CCC1(C)CN(Cc2cccc(Cl)c2F)CCCN1. The number of nitrogens with one attached hydrogen (secondary N) is 1. The molecule has 1 unspecified atom stereocenters. The molecule has 1 N–H and O–H groups in total. The van der Waals surface area contributed by atoms with Gasteiger partial charge in [0, 0.05) is 24.2 Å². The molecule has 1 aliphatic rings. The summed E-state index contributed by atoms with van der Waals surface area (Å²) in [7, 11) is 0. The summed E-state index contributed by atoms with van der Waals surface area (Å²) in [5.41, 5.74) is 0.804. The first-order valence-corrected chi connectivity index (χ1v) is 7.32. The molecule has 1 saturated heterocycles. The van der Waals surface area contributed by atoms with E-state index in [0.717, 1.165) is 32.5 Å². The molecule has 0 radical (unpaired) electrons. The van der Waals surface area contributed by atoms with Gasteiger partial charge in [0.05, 0.1) is 5.02 Å². The van der Waals surface area contributed by atoms with E-state index in [1.165, 1.54) is 0 Å². The summed E-state index contributed by atoms with van der Waals surface area (Å²) in [5.74, 6) is -0.278. The van der Waals surface area contributed by atoms with E-state index in [1.807, 2.05) is 12.1 Å². The Hall–Kier alpha value is -0.640. The van der Waals surface area contributed by atoms with Crippen molar-refractivity contribution in [3.05, 3.63) is 34.6 Å². The number of halogens is 2. The summed E-state index contributed by atoms with van der Waals surface area (Å²) < 4.78 is 14.0. The molecule has 1 atom stereocenters. The molecule has 1 heterocycles. The molecular formula is C15H22ClFN2. The Labute approximate surface area is 119 Å². The summed E-state index contributed by atoms with van der Waals surface area (Å²) >= 11 is 5.84. The van der Waals surface area contributed by atoms with E-state index in [0.29, 0.717) is 12.1 Å². The van der Waals surface area contributed by atoms with Gasteiger partial charge in [0.15, 0.2) is 0 Å². The van der Waals surface area contributed by atoms with Crippen LogP contribution in [0.4, 0.5) is 4.39 Å². The smallest absolute Gasteiger partial charge is 0.146 e. The van der Waals surface area contributed by atoms with Crippen molar-refractivity contribution in [2.24, 2.45) is 0 Å². The number of benzene rings is 1. The van der Waals surface area contributed by atoms with Gasteiger partial charge in [-0.3, -0.25) is 4.90 Å². The first-order valence-electron chi connectivity index (χ1n) is 6.94. The summed E-state index contributed by atoms with van der Waals surface area (Å²) in [4.78, 5) is 2.32. The van der Waals surface area contributed by atoms with Gasteiger partial charge in [-0.05, 0) is 38.9 Å². The first-order chi connectivity index (χ1) is 9.04. The van der Waals surface area contributed by atoms with Crippen LogP contribution in [-0.2, 0) is 6.54 Å². The Morgan fingerprint density at radius 2 is 2.26 bits per heavy atom. The summed E-state index contributed by atoms with van der Waals surface area (Å²) in [6.45, 7) is 8.02. The highest BCUT2D eigenvalue weighted by atomic mass is 35.5. The maximum Gasteiger partial charge on any atom is 0.146 e. The van der Waals surface area contributed by atoms with Gasteiger partial charge in [-0.25, -0.2) is 4.39 Å². The van der Waals surface area contributed by atoms with Crippen LogP contribution in [0.25, 0.3) is 0 Å². The molecule has 0 bridgehead atoms. The molecule has 0 aliphatic carbocycles. The number of rotatable bonds is 3. The van der Waals surface area contributed by atoms with E-state index in [4.69, 9.17) is 11.6 Å². The quantitative estimate of drug-likeness (QED) is 0.915. The second-order valence-electron chi connectivity index (χ2n) is 5.62. The number of hydrogen-bond donors (Lipinski definition) is 1. The minimum Gasteiger partial charge on any atom is -0.310 e. The summed E-state index contributed by atoms with van der Waals surface area (Å²) in [5, 5.41) is 3.80. The molecule has 0 aromatic heterocycles. The molecule has 106 valence electrons. The van der Waals surface area contributed by atoms with E-state index in [-0.39, 0.29) is 16.4 Å². The molecule has 1 aliphatic heterocycles. The van der Waals surface area contributed by atoms with E-state index >= 15 is 0 Å². The fraction of sp³-hybridized carbons (Fsp3) is 0.600. The van der Waals surface area contributed by atoms with Crippen molar-refractivity contribution in [2.75, 3.05) is 19.6 Å². The van der Waals surface area contributed by atoms with Gasteiger partial charge < -0.3 is 5.32 Å². The molecular weight excluding hydrogens is 263 g/mol. The Morgan fingerprint density at radius 3 is 3.00 bits per heavy atom. The third-order valence-electron chi connectivity index (χ3n) is 3.98. The lowest BCUT2D eigenvalue weighted by atomic mass is 9.98. The lowest BCUT2D eigenvalue weighted by molar-refractivity contribution is 0.206. The second-order valence-corrected chi connectivity index (χ2v) is 6.03. The van der Waals surface area contributed by atoms with Crippen molar-refractivity contribution in [3.63, 3.8) is 0 Å². The summed E-state index contributed by atoms with van der Waals surface area (Å²) in [6, 6.07) is 5.24. The fourth-order valence-corrected chi connectivity index (χ4v) is 2.80. The Bertz CT molecular complexity index is 438. The van der Waals surface area contributed by atoms with Gasteiger partial charge >= 0.3 is 0 Å². The van der Waals surface area contributed by atoms with Crippen LogP contribution >= 0.6 is 11.6 Å². The van der Waals surface area contributed by atoms with Crippen LogP contribution in [-0.4, -0.2) is 30.1 Å². The molecule has 0 amide bonds. The molecule has 0 saturated carbocycles. The maximum atomic E-state index is 14.0. The van der Waals surface area contributed by atoms with Gasteiger partial charge in [-0.15, -0.1) is 0 Å². The predicted molar refractivity (Wildman–Crippen MR) is 78.0 cm³/mol. The Kier molecular flexibility index (Phi) is 4.82. The maximum absolute atomic E-state index is 14.0. The lowest BCUT2D eigenvalue weighted by Crippen LogP contribution is -2.48. The van der Waals surface area contributed by atoms with Crippen LogP contribution in [0.2, 0.25) is 5.02 Å². The van der Waals surface area contributed by atoms with E-state index in [1.54, 1.807) is 6.07 Å². The van der Waals surface area contributed by atoms with Gasteiger partial charge in [0.25, 0.3) is 0 Å². The van der Waals surface area contributed by atoms with Crippen LogP contribution in [0.15, 0.2) is 18.2 Å². The predicted octanol–water partition coefficient (Wildman–Crippen LogP) is 3.44. The van der Waals surface area contributed by atoms with Crippen molar-refractivity contribution >= 4 is 11.6 Å². The van der Waals surface area contributed by atoms with Gasteiger partial charge in [-0.1, -0.05) is 30.7 Å². The van der Waals surface area contributed by atoms with Crippen LogP contribution < -0.4 is 5.32 Å². The van der Waals surface area contributed by atoms with Gasteiger partial charge in [0.1, 0.15) is 5.82 Å². The van der Waals surface area contributed by atoms with Gasteiger partial charge in [-0.2, -0.15) is 0 Å². The highest BCUT2D eigenvalue weighted by Crippen LogP contribution is 2.22. The highest BCUT2D eigenvalue weighted by Gasteiger charge is 2.27.